The van der Waals surface area contributed by atoms with Gasteiger partial charge < -0.3 is 10.2 Å². The van der Waals surface area contributed by atoms with Crippen molar-refractivity contribution in [1.29, 1.82) is 0 Å². The van der Waals surface area contributed by atoms with Crippen molar-refractivity contribution >= 4 is 41.1 Å². The van der Waals surface area contributed by atoms with E-state index in [1.54, 1.807) is 36.4 Å². The average molecular weight is 517 g/mol. The van der Waals surface area contributed by atoms with Gasteiger partial charge >= 0.3 is 5.97 Å². The Morgan fingerprint density at radius 3 is 2.41 bits per heavy atom. The van der Waals surface area contributed by atoms with E-state index in [0.29, 0.717) is 16.3 Å². The summed E-state index contributed by atoms with van der Waals surface area (Å²) in [5.74, 6) is -4.32. The number of aliphatic carboxylic acids is 1. The zero-order valence-electron chi connectivity index (χ0n) is 20.0. The van der Waals surface area contributed by atoms with E-state index in [1.165, 1.54) is 12.1 Å². The summed E-state index contributed by atoms with van der Waals surface area (Å²) in [6.45, 7) is 1.82. The highest BCUT2D eigenvalue weighted by atomic mass is 35.5. The zero-order valence-corrected chi connectivity index (χ0v) is 20.7. The summed E-state index contributed by atoms with van der Waals surface area (Å²) in [7, 11) is 0. The van der Waals surface area contributed by atoms with E-state index < -0.39 is 41.2 Å². The molecule has 0 aliphatic carbocycles. The zero-order chi connectivity index (χ0) is 26.3. The SMILES string of the molecule is Cc1ccc(N2C(=O)C3C(/C=C/c4ccccc4)NC(Cc4ccc(O)cc4)(C(=O)O)C3C2=O)cc1Cl. The summed E-state index contributed by atoms with van der Waals surface area (Å²) in [6, 6.07) is 19.8. The van der Waals surface area contributed by atoms with Gasteiger partial charge in [0, 0.05) is 17.5 Å². The molecular formula is C29H25ClN2O5. The molecule has 3 aromatic carbocycles. The van der Waals surface area contributed by atoms with Crippen LogP contribution >= 0.6 is 11.6 Å². The molecule has 0 radical (unpaired) electrons. The molecule has 0 spiro atoms. The van der Waals surface area contributed by atoms with Gasteiger partial charge in [0.25, 0.3) is 0 Å². The molecule has 37 heavy (non-hydrogen) atoms. The molecule has 2 fully saturated rings. The molecule has 7 nitrogen and oxygen atoms in total. The van der Waals surface area contributed by atoms with E-state index in [1.807, 2.05) is 43.3 Å². The Morgan fingerprint density at radius 1 is 1.05 bits per heavy atom. The van der Waals surface area contributed by atoms with Crippen LogP contribution in [0.2, 0.25) is 5.02 Å². The van der Waals surface area contributed by atoms with Crippen LogP contribution in [0.1, 0.15) is 16.7 Å². The Kier molecular flexibility index (Phi) is 6.35. The number of phenolic OH excluding ortho intramolecular Hbond substituents is 1. The minimum atomic E-state index is -1.75. The minimum absolute atomic E-state index is 0.0450. The van der Waals surface area contributed by atoms with Crippen molar-refractivity contribution in [3.8, 4) is 5.75 Å². The van der Waals surface area contributed by atoms with Crippen LogP contribution in [0.5, 0.6) is 5.75 Å². The number of carboxylic acid groups (broad SMARTS) is 1. The Bertz CT molecular complexity index is 1410. The molecule has 0 bridgehead atoms. The molecule has 0 saturated carbocycles. The Balaban J connectivity index is 1.60. The van der Waals surface area contributed by atoms with Crippen molar-refractivity contribution in [2.24, 2.45) is 11.8 Å². The third-order valence-electron chi connectivity index (χ3n) is 7.20. The van der Waals surface area contributed by atoms with Gasteiger partial charge in [-0.05, 0) is 47.9 Å². The number of hydrogen-bond acceptors (Lipinski definition) is 5. The van der Waals surface area contributed by atoms with E-state index in [-0.39, 0.29) is 12.2 Å². The van der Waals surface area contributed by atoms with E-state index in [4.69, 9.17) is 11.6 Å². The highest BCUT2D eigenvalue weighted by molar-refractivity contribution is 6.32. The molecule has 3 aromatic rings. The molecule has 4 unspecified atom stereocenters. The van der Waals surface area contributed by atoms with Gasteiger partial charge in [-0.1, -0.05) is 72.3 Å². The lowest BCUT2D eigenvalue weighted by atomic mass is 9.76. The lowest BCUT2D eigenvalue weighted by Gasteiger charge is -2.31. The molecule has 188 valence electrons. The number of amides is 2. The number of carboxylic acids is 1. The molecule has 2 amide bonds. The van der Waals surface area contributed by atoms with Crippen LogP contribution < -0.4 is 10.2 Å². The van der Waals surface area contributed by atoms with Gasteiger partial charge in [0.1, 0.15) is 11.3 Å². The quantitative estimate of drug-likeness (QED) is 0.424. The predicted octanol–water partition coefficient (Wildman–Crippen LogP) is 4.21. The fourth-order valence-corrected chi connectivity index (χ4v) is 5.51. The Morgan fingerprint density at radius 2 is 1.76 bits per heavy atom. The first-order valence-electron chi connectivity index (χ1n) is 11.9. The minimum Gasteiger partial charge on any atom is -0.508 e. The number of aryl methyl sites for hydroxylation is 1. The maximum atomic E-state index is 13.9. The molecular weight excluding hydrogens is 492 g/mol. The van der Waals surface area contributed by atoms with Gasteiger partial charge in [0.15, 0.2) is 0 Å². The number of halogens is 1. The van der Waals surface area contributed by atoms with Crippen LogP contribution in [0.15, 0.2) is 78.9 Å². The number of carbonyl (C=O) groups is 3. The highest BCUT2D eigenvalue weighted by Gasteiger charge is 2.68. The third kappa shape index (κ3) is 4.30. The van der Waals surface area contributed by atoms with Crippen LogP contribution in [0.4, 0.5) is 5.69 Å². The second-order valence-corrected chi connectivity index (χ2v) is 9.92. The molecule has 0 aromatic heterocycles. The molecule has 4 atom stereocenters. The largest absolute Gasteiger partial charge is 0.508 e. The van der Waals surface area contributed by atoms with Crippen LogP contribution in [-0.4, -0.2) is 39.6 Å². The summed E-state index contributed by atoms with van der Waals surface area (Å²) in [5, 5.41) is 23.8. The second-order valence-electron chi connectivity index (χ2n) is 9.51. The molecule has 2 aliphatic rings. The number of rotatable bonds is 6. The van der Waals surface area contributed by atoms with Gasteiger partial charge in [-0.2, -0.15) is 0 Å². The van der Waals surface area contributed by atoms with Gasteiger partial charge in [0.05, 0.1) is 17.5 Å². The molecule has 5 rings (SSSR count). The summed E-state index contributed by atoms with van der Waals surface area (Å²) in [6.07, 6.45) is 3.52. The number of carbonyl (C=O) groups excluding carboxylic acids is 2. The standard InChI is InChI=1S/C29H25ClN2O5/c1-17-7-11-20(15-22(17)30)32-26(34)24-23(14-10-18-5-3-2-4-6-18)31-29(28(36)37,25(24)27(32)35)16-19-8-12-21(33)13-9-19/h2-15,23-25,31,33H,16H2,1H3,(H,36,37)/b14-10+. The van der Waals surface area contributed by atoms with Crippen LogP contribution in [0.3, 0.4) is 0 Å². The van der Waals surface area contributed by atoms with Crippen molar-refractivity contribution in [1.82, 2.24) is 5.32 Å². The monoisotopic (exact) mass is 516 g/mol. The van der Waals surface area contributed by atoms with Crippen molar-refractivity contribution in [3.63, 3.8) is 0 Å². The van der Waals surface area contributed by atoms with Crippen molar-refractivity contribution < 1.29 is 24.6 Å². The Hall–Kier alpha value is -3.94. The van der Waals surface area contributed by atoms with Crippen LogP contribution in [0, 0.1) is 18.8 Å². The molecule has 2 aliphatic heterocycles. The number of phenols is 1. The van der Waals surface area contributed by atoms with Crippen LogP contribution in [-0.2, 0) is 20.8 Å². The fourth-order valence-electron chi connectivity index (χ4n) is 5.34. The van der Waals surface area contributed by atoms with Crippen molar-refractivity contribution in [3.05, 3.63) is 101 Å². The highest BCUT2D eigenvalue weighted by Crippen LogP contribution is 2.47. The first-order valence-corrected chi connectivity index (χ1v) is 12.3. The van der Waals surface area contributed by atoms with Crippen molar-refractivity contribution in [2.45, 2.75) is 24.9 Å². The van der Waals surface area contributed by atoms with Gasteiger partial charge in [-0.3, -0.25) is 19.7 Å². The average Bonchev–Trinajstić information content (AvgIpc) is 3.35. The summed E-state index contributed by atoms with van der Waals surface area (Å²) >= 11 is 6.29. The topological polar surface area (TPSA) is 107 Å². The number of aromatic hydroxyl groups is 1. The van der Waals surface area contributed by atoms with E-state index in [2.05, 4.69) is 5.32 Å². The number of hydrogen-bond donors (Lipinski definition) is 3. The third-order valence-corrected chi connectivity index (χ3v) is 7.61. The van der Waals surface area contributed by atoms with Gasteiger partial charge in [-0.15, -0.1) is 0 Å². The Labute approximate surface area is 219 Å². The number of fused-ring (bicyclic) bond motifs is 1. The number of anilines is 1. The molecule has 3 N–H and O–H groups in total. The fraction of sp³-hybridized carbons (Fsp3) is 0.207. The first kappa shape index (κ1) is 24.7. The van der Waals surface area contributed by atoms with E-state index in [9.17, 15) is 24.6 Å². The number of nitrogens with one attached hydrogen (secondary N) is 1. The first-order chi connectivity index (χ1) is 17.7. The number of benzene rings is 3. The summed E-state index contributed by atoms with van der Waals surface area (Å²) in [4.78, 5) is 41.6. The lowest BCUT2D eigenvalue weighted by Crippen LogP contribution is -2.58. The van der Waals surface area contributed by atoms with E-state index in [0.717, 1.165) is 16.0 Å². The number of imide groups is 1. The van der Waals surface area contributed by atoms with Crippen molar-refractivity contribution in [2.75, 3.05) is 4.90 Å². The second kappa shape index (κ2) is 9.50. The van der Waals surface area contributed by atoms with Crippen LogP contribution in [0.25, 0.3) is 6.08 Å². The smallest absolute Gasteiger partial charge is 0.325 e. The number of nitrogens with zero attached hydrogens (tertiary/aromatic N) is 1. The lowest BCUT2D eigenvalue weighted by molar-refractivity contribution is -0.148. The predicted molar refractivity (Wildman–Crippen MR) is 140 cm³/mol. The normalized spacial score (nSPS) is 25.1. The summed E-state index contributed by atoms with van der Waals surface area (Å²) < 4.78 is 0. The molecule has 2 heterocycles. The maximum Gasteiger partial charge on any atom is 0.325 e. The van der Waals surface area contributed by atoms with Gasteiger partial charge in [-0.25, -0.2) is 4.90 Å². The molecule has 2 saturated heterocycles. The van der Waals surface area contributed by atoms with Gasteiger partial charge in [0.2, 0.25) is 11.8 Å². The van der Waals surface area contributed by atoms with E-state index >= 15 is 0 Å². The maximum absolute atomic E-state index is 13.9. The summed E-state index contributed by atoms with van der Waals surface area (Å²) in [5.41, 5.74) is 0.850. The molecule has 8 heteroatoms.